The Morgan fingerprint density at radius 2 is 1.93 bits per heavy atom. The summed E-state index contributed by atoms with van der Waals surface area (Å²) in [5.74, 6) is -1.62. The molecule has 1 amide bonds. The molecule has 1 N–H and O–H groups in total. The van der Waals surface area contributed by atoms with Crippen LogP contribution in [0.5, 0.6) is 11.5 Å². The average molecular weight is 399 g/mol. The van der Waals surface area contributed by atoms with Crippen LogP contribution in [0.25, 0.3) is 0 Å². The van der Waals surface area contributed by atoms with Crippen LogP contribution in [-0.2, 0) is 9.53 Å². The van der Waals surface area contributed by atoms with Gasteiger partial charge in [-0.25, -0.2) is 0 Å². The first-order chi connectivity index (χ1) is 13.4. The summed E-state index contributed by atoms with van der Waals surface area (Å²) in [6.07, 6.45) is 1.47. The Bertz CT molecular complexity index is 720. The minimum Gasteiger partial charge on any atom is -0.493 e. The van der Waals surface area contributed by atoms with E-state index in [4.69, 9.17) is 9.47 Å². The topological polar surface area (TPSA) is 85.3 Å². The van der Waals surface area contributed by atoms with Crippen LogP contribution in [0.15, 0.2) is 18.2 Å². The number of likely N-dealkylation sites (tertiary alicyclic amines) is 1. The first kappa shape index (κ1) is 20.3. The number of benzene rings is 1. The summed E-state index contributed by atoms with van der Waals surface area (Å²) in [6, 6.07) is 4.17. The van der Waals surface area contributed by atoms with E-state index in [1.165, 1.54) is 25.3 Å². The van der Waals surface area contributed by atoms with Gasteiger partial charge in [0.05, 0.1) is 19.1 Å². The Kier molecular flexibility index (Phi) is 6.33. The van der Waals surface area contributed by atoms with Crippen molar-refractivity contribution in [3.05, 3.63) is 23.8 Å². The van der Waals surface area contributed by atoms with Crippen molar-refractivity contribution < 1.29 is 37.7 Å². The fourth-order valence-corrected chi connectivity index (χ4v) is 3.95. The van der Waals surface area contributed by atoms with Crippen LogP contribution in [-0.4, -0.2) is 61.4 Å². The van der Waals surface area contributed by atoms with E-state index < -0.39 is 18.5 Å². The van der Waals surface area contributed by atoms with Crippen LogP contribution >= 0.6 is 0 Å². The highest BCUT2D eigenvalue weighted by atomic mass is 19.3. The van der Waals surface area contributed by atoms with Gasteiger partial charge in [-0.2, -0.15) is 8.78 Å². The number of ether oxygens (including phenoxy) is 3. The van der Waals surface area contributed by atoms with Crippen LogP contribution in [0.3, 0.4) is 0 Å². The summed E-state index contributed by atoms with van der Waals surface area (Å²) in [4.78, 5) is 25.7. The molecule has 3 rings (SSSR count). The van der Waals surface area contributed by atoms with Gasteiger partial charge in [-0.05, 0) is 43.4 Å². The number of nitrogens with zero attached hydrogens (tertiary/aromatic N) is 1. The summed E-state index contributed by atoms with van der Waals surface area (Å²) in [5.41, 5.74) is 0.232. The fourth-order valence-electron chi connectivity index (χ4n) is 3.95. The molecule has 1 unspecified atom stereocenters. The van der Waals surface area contributed by atoms with E-state index in [9.17, 15) is 23.5 Å². The highest BCUT2D eigenvalue weighted by Crippen LogP contribution is 2.34. The zero-order valence-corrected chi connectivity index (χ0v) is 15.5. The number of alkyl halides is 2. The predicted octanol–water partition coefficient (Wildman–Crippen LogP) is 2.64. The molecule has 28 heavy (non-hydrogen) atoms. The molecule has 2 aliphatic rings. The molecule has 0 aliphatic carbocycles. The maximum atomic E-state index is 12.8. The Morgan fingerprint density at radius 1 is 1.21 bits per heavy atom. The molecule has 0 saturated carbocycles. The fraction of sp³-hybridized carbons (Fsp3) is 0.579. The lowest BCUT2D eigenvalue weighted by molar-refractivity contribution is -0.145. The van der Waals surface area contributed by atoms with Crippen molar-refractivity contribution >= 4 is 11.9 Å². The lowest BCUT2D eigenvalue weighted by atomic mass is 9.84. The minimum absolute atomic E-state index is 0.0845. The second-order valence-corrected chi connectivity index (χ2v) is 6.94. The number of piperidine rings is 1. The van der Waals surface area contributed by atoms with Crippen molar-refractivity contribution in [2.45, 2.75) is 32.0 Å². The van der Waals surface area contributed by atoms with Crippen LogP contribution in [0, 0.1) is 11.8 Å². The normalized spacial score (nSPS) is 23.1. The molecular formula is C19H23F2NO6. The van der Waals surface area contributed by atoms with Crippen LogP contribution in [0.1, 0.15) is 29.6 Å². The predicted molar refractivity (Wildman–Crippen MR) is 93.7 cm³/mol. The molecule has 0 bridgehead atoms. The third-order valence-corrected chi connectivity index (χ3v) is 5.37. The molecule has 2 saturated heterocycles. The number of rotatable bonds is 6. The third-order valence-electron chi connectivity index (χ3n) is 5.37. The number of hydrogen-bond acceptors (Lipinski definition) is 5. The molecule has 0 aromatic heterocycles. The van der Waals surface area contributed by atoms with Gasteiger partial charge in [-0.3, -0.25) is 9.59 Å². The van der Waals surface area contributed by atoms with Gasteiger partial charge in [0.1, 0.15) is 0 Å². The average Bonchev–Trinajstić information content (AvgIpc) is 3.17. The standard InChI is InChI=1S/C19H23F2NO6/c1-26-14-3-2-12(10-15(14)28-19(20)21)17(23)22-7-4-11(5-8-22)16-13(18(24)25)6-9-27-16/h2-3,10-11,13,16,19H,4-9H2,1H3,(H,24,25)/t13?,16-/m0/s1. The molecule has 0 radical (unpaired) electrons. The first-order valence-corrected chi connectivity index (χ1v) is 9.17. The van der Waals surface area contributed by atoms with E-state index in [0.717, 1.165) is 0 Å². The number of carbonyl (C=O) groups excluding carboxylic acids is 1. The number of hydrogen-bond donors (Lipinski definition) is 1. The van der Waals surface area contributed by atoms with Crippen molar-refractivity contribution in [1.82, 2.24) is 4.90 Å². The van der Waals surface area contributed by atoms with Gasteiger partial charge in [0.15, 0.2) is 11.5 Å². The smallest absolute Gasteiger partial charge is 0.387 e. The number of carboxylic acid groups (broad SMARTS) is 1. The molecule has 2 atom stereocenters. The lowest BCUT2D eigenvalue weighted by Gasteiger charge is -2.35. The van der Waals surface area contributed by atoms with Crippen LogP contribution in [0.4, 0.5) is 8.78 Å². The molecule has 0 spiro atoms. The Hall–Kier alpha value is -2.42. The number of halogens is 2. The van der Waals surface area contributed by atoms with Gasteiger partial charge < -0.3 is 24.2 Å². The van der Waals surface area contributed by atoms with Crippen molar-refractivity contribution in [3.63, 3.8) is 0 Å². The minimum atomic E-state index is -3.02. The highest BCUT2D eigenvalue weighted by molar-refractivity contribution is 5.95. The van der Waals surface area contributed by atoms with E-state index in [1.807, 2.05) is 0 Å². The summed E-state index contributed by atoms with van der Waals surface area (Å²) in [7, 11) is 1.33. The van der Waals surface area contributed by atoms with Gasteiger partial charge >= 0.3 is 12.6 Å². The van der Waals surface area contributed by atoms with E-state index in [0.29, 0.717) is 39.0 Å². The van der Waals surface area contributed by atoms with Crippen molar-refractivity contribution in [2.75, 3.05) is 26.8 Å². The van der Waals surface area contributed by atoms with Crippen molar-refractivity contribution in [3.8, 4) is 11.5 Å². The SMILES string of the molecule is COc1ccc(C(=O)N2CCC([C@@H]3OCCC3C(=O)O)CC2)cc1OC(F)F. The van der Waals surface area contributed by atoms with Crippen LogP contribution in [0.2, 0.25) is 0 Å². The zero-order chi connectivity index (χ0) is 20.3. The third kappa shape index (κ3) is 4.35. The maximum absolute atomic E-state index is 12.8. The maximum Gasteiger partial charge on any atom is 0.387 e. The molecule has 1 aromatic rings. The molecule has 154 valence electrons. The van der Waals surface area contributed by atoms with Gasteiger partial charge in [0.2, 0.25) is 0 Å². The lowest BCUT2D eigenvalue weighted by Crippen LogP contribution is -2.43. The summed E-state index contributed by atoms with van der Waals surface area (Å²) in [5, 5.41) is 9.31. The number of carboxylic acids is 1. The quantitative estimate of drug-likeness (QED) is 0.792. The Labute approximate surface area is 161 Å². The van der Waals surface area contributed by atoms with Gasteiger partial charge in [-0.1, -0.05) is 0 Å². The zero-order valence-electron chi connectivity index (χ0n) is 15.5. The second-order valence-electron chi connectivity index (χ2n) is 6.94. The molecule has 9 heteroatoms. The van der Waals surface area contributed by atoms with Gasteiger partial charge in [-0.15, -0.1) is 0 Å². The number of carbonyl (C=O) groups is 2. The van der Waals surface area contributed by atoms with E-state index in [2.05, 4.69) is 4.74 Å². The van der Waals surface area contributed by atoms with Crippen molar-refractivity contribution in [2.24, 2.45) is 11.8 Å². The van der Waals surface area contributed by atoms with E-state index in [1.54, 1.807) is 4.90 Å². The first-order valence-electron chi connectivity index (χ1n) is 9.17. The summed E-state index contributed by atoms with van der Waals surface area (Å²) in [6.45, 7) is -1.68. The van der Waals surface area contributed by atoms with E-state index in [-0.39, 0.29) is 35.0 Å². The molecule has 7 nitrogen and oxygen atoms in total. The highest BCUT2D eigenvalue weighted by Gasteiger charge is 2.40. The second kappa shape index (κ2) is 8.72. The van der Waals surface area contributed by atoms with E-state index >= 15 is 0 Å². The van der Waals surface area contributed by atoms with Crippen LogP contribution < -0.4 is 9.47 Å². The number of aliphatic carboxylic acids is 1. The largest absolute Gasteiger partial charge is 0.493 e. The number of amides is 1. The molecule has 1 aromatic carbocycles. The summed E-state index contributed by atoms with van der Waals surface area (Å²) < 4.78 is 40.2. The number of methoxy groups -OCH3 is 1. The summed E-state index contributed by atoms with van der Waals surface area (Å²) >= 11 is 0. The molecule has 2 fully saturated rings. The molecular weight excluding hydrogens is 376 g/mol. The monoisotopic (exact) mass is 399 g/mol. The van der Waals surface area contributed by atoms with Gasteiger partial charge in [0.25, 0.3) is 5.91 Å². The van der Waals surface area contributed by atoms with Crippen molar-refractivity contribution in [1.29, 1.82) is 0 Å². The van der Waals surface area contributed by atoms with Gasteiger partial charge in [0, 0.05) is 25.3 Å². The Balaban J connectivity index is 1.64. The molecule has 2 heterocycles. The Morgan fingerprint density at radius 3 is 2.54 bits per heavy atom. The molecule has 2 aliphatic heterocycles.